The van der Waals surface area contributed by atoms with Crippen LogP contribution in [0.2, 0.25) is 0 Å². The minimum absolute atomic E-state index is 0.0820. The minimum atomic E-state index is -0.664. The highest BCUT2D eigenvalue weighted by Crippen LogP contribution is 2.22. The van der Waals surface area contributed by atoms with Crippen LogP contribution in [-0.2, 0) is 0 Å². The highest BCUT2D eigenvalue weighted by atomic mass is 16.6. The lowest BCUT2D eigenvalue weighted by Crippen LogP contribution is -2.19. The van der Waals surface area contributed by atoms with Gasteiger partial charge in [0.2, 0.25) is 0 Å². The molecule has 0 fully saturated rings. The number of hydrogen-bond acceptors (Lipinski definition) is 4. The van der Waals surface area contributed by atoms with Gasteiger partial charge >= 0.3 is 0 Å². The van der Waals surface area contributed by atoms with E-state index in [4.69, 9.17) is 0 Å². The average Bonchev–Trinajstić information content (AvgIpc) is 2.68. The van der Waals surface area contributed by atoms with E-state index in [1.165, 1.54) is 24.3 Å². The second-order valence-electron chi connectivity index (χ2n) is 6.10. The first kappa shape index (κ1) is 18.8. The summed E-state index contributed by atoms with van der Waals surface area (Å²) in [5, 5.41) is 16.5. The zero-order valence-corrected chi connectivity index (χ0v) is 15.0. The van der Waals surface area contributed by atoms with Crippen molar-refractivity contribution in [2.45, 2.75) is 6.92 Å². The predicted octanol–water partition coefficient (Wildman–Crippen LogP) is 4.41. The minimum Gasteiger partial charge on any atom is -0.322 e. The van der Waals surface area contributed by atoms with E-state index in [0.717, 1.165) is 5.56 Å². The average molecular weight is 375 g/mol. The molecule has 0 heterocycles. The summed E-state index contributed by atoms with van der Waals surface area (Å²) in [6, 6.07) is 19.4. The number of hydrogen-bond donors (Lipinski definition) is 2. The number of carbonyl (C=O) groups is 2. The van der Waals surface area contributed by atoms with Crippen molar-refractivity contribution in [3.05, 3.63) is 99.6 Å². The van der Waals surface area contributed by atoms with Crippen LogP contribution in [0.4, 0.5) is 17.1 Å². The highest BCUT2D eigenvalue weighted by Gasteiger charge is 2.21. The van der Waals surface area contributed by atoms with Crippen LogP contribution in [0.5, 0.6) is 0 Å². The molecule has 28 heavy (non-hydrogen) atoms. The number of aryl methyl sites for hydroxylation is 1. The fourth-order valence-corrected chi connectivity index (χ4v) is 2.73. The second kappa shape index (κ2) is 8.13. The maximum Gasteiger partial charge on any atom is 0.282 e. The zero-order valence-electron chi connectivity index (χ0n) is 15.0. The van der Waals surface area contributed by atoms with Gasteiger partial charge in [0.15, 0.2) is 0 Å². The van der Waals surface area contributed by atoms with Gasteiger partial charge in [0.25, 0.3) is 17.5 Å². The van der Waals surface area contributed by atoms with Crippen molar-refractivity contribution in [2.75, 3.05) is 10.6 Å². The molecule has 3 aromatic carbocycles. The normalized spacial score (nSPS) is 10.2. The summed E-state index contributed by atoms with van der Waals surface area (Å²) in [7, 11) is 0. The van der Waals surface area contributed by atoms with Crippen LogP contribution in [-0.4, -0.2) is 16.7 Å². The van der Waals surface area contributed by atoms with E-state index in [9.17, 15) is 19.7 Å². The van der Waals surface area contributed by atoms with Crippen molar-refractivity contribution in [1.29, 1.82) is 0 Å². The molecule has 0 aliphatic carbocycles. The van der Waals surface area contributed by atoms with E-state index < -0.39 is 16.7 Å². The van der Waals surface area contributed by atoms with Crippen molar-refractivity contribution in [3.8, 4) is 0 Å². The fourth-order valence-electron chi connectivity index (χ4n) is 2.73. The van der Waals surface area contributed by atoms with E-state index >= 15 is 0 Å². The van der Waals surface area contributed by atoms with Gasteiger partial charge in [-0.15, -0.1) is 0 Å². The highest BCUT2D eigenvalue weighted by molar-refractivity contribution is 6.13. The zero-order chi connectivity index (χ0) is 20.1. The molecule has 2 N–H and O–H groups in total. The van der Waals surface area contributed by atoms with Crippen LogP contribution in [0.25, 0.3) is 0 Å². The van der Waals surface area contributed by atoms with E-state index in [0.29, 0.717) is 5.69 Å². The van der Waals surface area contributed by atoms with E-state index in [2.05, 4.69) is 10.6 Å². The Morgan fingerprint density at radius 2 is 1.46 bits per heavy atom. The Morgan fingerprint density at radius 1 is 0.821 bits per heavy atom. The number of anilines is 2. The van der Waals surface area contributed by atoms with Gasteiger partial charge in [-0.3, -0.25) is 19.7 Å². The number of carbonyl (C=O) groups excluding carboxylic acids is 2. The molecule has 0 aromatic heterocycles. The van der Waals surface area contributed by atoms with Gasteiger partial charge in [0, 0.05) is 11.8 Å². The van der Waals surface area contributed by atoms with Gasteiger partial charge in [-0.25, -0.2) is 0 Å². The third-order valence-electron chi connectivity index (χ3n) is 4.04. The molecule has 2 amide bonds. The summed E-state index contributed by atoms with van der Waals surface area (Å²) in [6.45, 7) is 1.91. The Bertz CT molecular complexity index is 1060. The van der Waals surface area contributed by atoms with Gasteiger partial charge < -0.3 is 10.6 Å². The van der Waals surface area contributed by atoms with Crippen LogP contribution in [0, 0.1) is 17.0 Å². The first-order chi connectivity index (χ1) is 13.5. The third-order valence-corrected chi connectivity index (χ3v) is 4.04. The molecule has 0 bridgehead atoms. The summed E-state index contributed by atoms with van der Waals surface area (Å²) in [5.74, 6) is -1.06. The Kier molecular flexibility index (Phi) is 5.45. The number of benzene rings is 3. The maximum absolute atomic E-state index is 12.7. The quantitative estimate of drug-likeness (QED) is 0.509. The molecule has 0 radical (unpaired) electrons. The largest absolute Gasteiger partial charge is 0.322 e. The Balaban J connectivity index is 1.85. The summed E-state index contributed by atoms with van der Waals surface area (Å²) >= 11 is 0. The smallest absolute Gasteiger partial charge is 0.282 e. The standard InChI is InChI=1S/C21H17N3O4/c1-14-7-6-8-15(13-14)22-20(25)16-9-2-4-11-18(16)23-21(26)17-10-3-5-12-19(17)24(27)28/h2-13H,1H3,(H,22,25)(H,23,26). The van der Waals surface area contributed by atoms with Crippen LogP contribution < -0.4 is 10.6 Å². The van der Waals surface area contributed by atoms with E-state index in [1.54, 1.807) is 30.3 Å². The molecular formula is C21H17N3O4. The van der Waals surface area contributed by atoms with Crippen molar-refractivity contribution in [1.82, 2.24) is 0 Å². The molecule has 0 atom stereocenters. The SMILES string of the molecule is Cc1cccc(NC(=O)c2ccccc2NC(=O)c2ccccc2[N+](=O)[O-])c1. The monoisotopic (exact) mass is 375 g/mol. The molecule has 0 aliphatic heterocycles. The summed E-state index contributed by atoms with van der Waals surface area (Å²) < 4.78 is 0. The number of nitro benzene ring substituents is 1. The van der Waals surface area contributed by atoms with Gasteiger partial charge in [-0.05, 0) is 42.8 Å². The molecule has 3 rings (SSSR count). The van der Waals surface area contributed by atoms with Crippen LogP contribution in [0.1, 0.15) is 26.3 Å². The molecule has 140 valence electrons. The molecule has 3 aromatic rings. The first-order valence-corrected chi connectivity index (χ1v) is 8.47. The number of nitrogens with zero attached hydrogens (tertiary/aromatic N) is 1. The van der Waals surface area contributed by atoms with Crippen LogP contribution in [0.15, 0.2) is 72.8 Å². The van der Waals surface area contributed by atoms with Crippen molar-refractivity contribution >= 4 is 28.9 Å². The predicted molar refractivity (Wildman–Crippen MR) is 107 cm³/mol. The van der Waals surface area contributed by atoms with Crippen molar-refractivity contribution < 1.29 is 14.5 Å². The summed E-state index contributed by atoms with van der Waals surface area (Å²) in [5.41, 5.74) is 1.75. The molecular weight excluding hydrogens is 358 g/mol. The lowest BCUT2D eigenvalue weighted by molar-refractivity contribution is -0.385. The van der Waals surface area contributed by atoms with Gasteiger partial charge in [0.05, 0.1) is 16.2 Å². The molecule has 7 nitrogen and oxygen atoms in total. The number of rotatable bonds is 5. The van der Waals surface area contributed by atoms with E-state index in [1.807, 2.05) is 25.1 Å². The molecule has 0 aliphatic rings. The molecule has 0 spiro atoms. The van der Waals surface area contributed by atoms with Gasteiger partial charge in [-0.2, -0.15) is 0 Å². The molecule has 0 unspecified atom stereocenters. The van der Waals surface area contributed by atoms with Crippen LogP contribution in [0.3, 0.4) is 0 Å². The van der Waals surface area contributed by atoms with Crippen molar-refractivity contribution in [2.24, 2.45) is 0 Å². The topological polar surface area (TPSA) is 101 Å². The Hall–Kier alpha value is -4.00. The number of para-hydroxylation sites is 2. The molecule has 7 heteroatoms. The lowest BCUT2D eigenvalue weighted by Gasteiger charge is -2.12. The van der Waals surface area contributed by atoms with E-state index in [-0.39, 0.29) is 22.5 Å². The maximum atomic E-state index is 12.7. The first-order valence-electron chi connectivity index (χ1n) is 8.47. The summed E-state index contributed by atoms with van der Waals surface area (Å²) in [6.07, 6.45) is 0. The van der Waals surface area contributed by atoms with Gasteiger partial charge in [-0.1, -0.05) is 36.4 Å². The number of nitro groups is 1. The van der Waals surface area contributed by atoms with Gasteiger partial charge in [0.1, 0.15) is 5.56 Å². The summed E-state index contributed by atoms with van der Waals surface area (Å²) in [4.78, 5) is 35.8. The molecule has 0 saturated carbocycles. The Labute approximate surface area is 161 Å². The number of nitrogens with one attached hydrogen (secondary N) is 2. The fraction of sp³-hybridized carbons (Fsp3) is 0.0476. The second-order valence-corrected chi connectivity index (χ2v) is 6.10. The Morgan fingerprint density at radius 3 is 2.18 bits per heavy atom. The molecule has 0 saturated heterocycles. The lowest BCUT2D eigenvalue weighted by atomic mass is 10.1. The number of amides is 2. The van der Waals surface area contributed by atoms with Crippen LogP contribution >= 0.6 is 0 Å². The third kappa shape index (κ3) is 4.21. The van der Waals surface area contributed by atoms with Crippen molar-refractivity contribution in [3.63, 3.8) is 0 Å².